The van der Waals surface area contributed by atoms with Crippen LogP contribution in [-0.4, -0.2) is 17.0 Å². The van der Waals surface area contributed by atoms with Crippen LogP contribution in [0.1, 0.15) is 43.5 Å². The first-order chi connectivity index (χ1) is 12.3. The molecule has 2 aliphatic rings. The van der Waals surface area contributed by atoms with E-state index in [0.29, 0.717) is 28.0 Å². The normalized spacial score (nSPS) is 18.3. The molecule has 134 valence electrons. The van der Waals surface area contributed by atoms with E-state index in [9.17, 15) is 5.26 Å². The summed E-state index contributed by atoms with van der Waals surface area (Å²) in [7, 11) is 0. The minimum Gasteiger partial charge on any atom is -0.454 e. The van der Waals surface area contributed by atoms with E-state index in [4.69, 9.17) is 31.5 Å². The number of fused-ring (bicyclic) bond motifs is 2. The van der Waals surface area contributed by atoms with Crippen LogP contribution < -0.4 is 19.9 Å². The van der Waals surface area contributed by atoms with Gasteiger partial charge in [0.2, 0.25) is 18.6 Å². The van der Waals surface area contributed by atoms with E-state index in [2.05, 4.69) is 16.3 Å². The van der Waals surface area contributed by atoms with Gasteiger partial charge in [0.25, 0.3) is 0 Å². The fraction of sp³-hybridized carbons (Fsp3) is 0.333. The summed E-state index contributed by atoms with van der Waals surface area (Å²) in [5.74, 6) is 1.01. The van der Waals surface area contributed by atoms with Crippen LogP contribution in [-0.2, 0) is 5.41 Å². The van der Waals surface area contributed by atoms with Crippen molar-refractivity contribution < 1.29 is 14.2 Å². The van der Waals surface area contributed by atoms with E-state index in [1.165, 1.54) is 0 Å². The van der Waals surface area contributed by atoms with E-state index >= 15 is 0 Å². The molecule has 0 bridgehead atoms. The number of hydrogen-bond acceptors (Lipinski definition) is 6. The van der Waals surface area contributed by atoms with Crippen LogP contribution in [0.3, 0.4) is 0 Å². The first-order valence-corrected chi connectivity index (χ1v) is 8.44. The van der Waals surface area contributed by atoms with E-state index in [1.807, 2.05) is 20.8 Å². The highest BCUT2D eigenvalue weighted by Gasteiger charge is 2.39. The number of nitrogens with zero attached hydrogens (tertiary/aromatic N) is 2. The van der Waals surface area contributed by atoms with Crippen molar-refractivity contribution in [1.82, 2.24) is 10.2 Å². The van der Waals surface area contributed by atoms with Crippen molar-refractivity contribution in [3.8, 4) is 23.4 Å². The Morgan fingerprint density at radius 2 is 2.00 bits per heavy atom. The lowest BCUT2D eigenvalue weighted by molar-refractivity contribution is 0.174. The molecule has 0 spiro atoms. The topological polar surface area (TPSA) is 106 Å². The Bertz CT molecular complexity index is 982. The van der Waals surface area contributed by atoms with Crippen molar-refractivity contribution in [2.75, 3.05) is 6.79 Å². The molecule has 0 radical (unpaired) electrons. The Kier molecular flexibility index (Phi) is 3.56. The number of aromatic nitrogens is 2. The van der Waals surface area contributed by atoms with Gasteiger partial charge in [-0.15, -0.1) is 5.10 Å². The van der Waals surface area contributed by atoms with Crippen LogP contribution >= 0.6 is 11.6 Å². The summed E-state index contributed by atoms with van der Waals surface area (Å²) in [4.78, 5) is 0. The number of ether oxygens (including phenoxy) is 3. The molecule has 8 heteroatoms. The summed E-state index contributed by atoms with van der Waals surface area (Å²) >= 11 is 6.53. The summed E-state index contributed by atoms with van der Waals surface area (Å²) < 4.78 is 16.4. The van der Waals surface area contributed by atoms with Gasteiger partial charge in [-0.3, -0.25) is 5.10 Å². The van der Waals surface area contributed by atoms with Crippen molar-refractivity contribution in [2.45, 2.75) is 32.1 Å². The minimum atomic E-state index is -0.515. The molecular formula is C18H17ClN4O3. The van der Waals surface area contributed by atoms with Crippen molar-refractivity contribution in [3.05, 3.63) is 45.4 Å². The van der Waals surface area contributed by atoms with Gasteiger partial charge in [-0.05, 0) is 11.6 Å². The van der Waals surface area contributed by atoms with Crippen molar-refractivity contribution in [2.24, 2.45) is 5.73 Å². The molecule has 1 aromatic carbocycles. The first kappa shape index (κ1) is 16.6. The second-order valence-corrected chi connectivity index (χ2v) is 7.63. The number of rotatable bonds is 1. The zero-order chi connectivity index (χ0) is 18.6. The molecule has 26 heavy (non-hydrogen) atoms. The first-order valence-electron chi connectivity index (χ1n) is 8.06. The molecule has 4 rings (SSSR count). The van der Waals surface area contributed by atoms with Crippen LogP contribution in [0.2, 0.25) is 5.02 Å². The van der Waals surface area contributed by atoms with Crippen LogP contribution in [0, 0.1) is 11.3 Å². The Morgan fingerprint density at radius 3 is 2.65 bits per heavy atom. The Morgan fingerprint density at radius 1 is 1.31 bits per heavy atom. The maximum atomic E-state index is 9.74. The smallest absolute Gasteiger partial charge is 0.244 e. The number of H-pyrrole nitrogens is 1. The molecule has 2 aliphatic heterocycles. The number of benzene rings is 1. The highest BCUT2D eigenvalue weighted by atomic mass is 35.5. The van der Waals surface area contributed by atoms with Gasteiger partial charge in [0.15, 0.2) is 11.5 Å². The summed E-state index contributed by atoms with van der Waals surface area (Å²) in [6, 6.07) is 5.64. The molecule has 0 fully saturated rings. The summed E-state index contributed by atoms with van der Waals surface area (Å²) in [5.41, 5.74) is 8.32. The van der Waals surface area contributed by atoms with Gasteiger partial charge in [-0.1, -0.05) is 32.4 Å². The van der Waals surface area contributed by atoms with E-state index < -0.39 is 5.92 Å². The van der Waals surface area contributed by atoms with Gasteiger partial charge in [0.1, 0.15) is 11.6 Å². The largest absolute Gasteiger partial charge is 0.454 e. The number of nitrogens with one attached hydrogen (secondary N) is 1. The predicted octanol–water partition coefficient (Wildman–Crippen LogP) is 3.31. The standard InChI is InChI=1S/C18H17ClN4O3/c1-18(2,3)15-14-13(9(6-20)16(21)26-17(14)23-22-15)8-4-11-12(5-10(8)19)25-7-24-11/h4-5,13H,7,21H2,1-3H3,(H,22,23). The molecule has 1 aromatic heterocycles. The number of aromatic amines is 1. The fourth-order valence-electron chi connectivity index (χ4n) is 3.28. The van der Waals surface area contributed by atoms with Gasteiger partial charge in [-0.25, -0.2) is 0 Å². The van der Waals surface area contributed by atoms with E-state index in [0.717, 1.165) is 11.3 Å². The van der Waals surface area contributed by atoms with E-state index in [1.54, 1.807) is 12.1 Å². The Balaban J connectivity index is 1.99. The molecule has 1 atom stereocenters. The Hall–Kier alpha value is -2.85. The minimum absolute atomic E-state index is 0.0192. The second kappa shape index (κ2) is 5.58. The Labute approximate surface area is 155 Å². The fourth-order valence-corrected chi connectivity index (χ4v) is 3.54. The number of nitriles is 1. The van der Waals surface area contributed by atoms with Gasteiger partial charge >= 0.3 is 0 Å². The molecule has 0 saturated heterocycles. The van der Waals surface area contributed by atoms with Crippen molar-refractivity contribution in [1.29, 1.82) is 5.26 Å². The van der Waals surface area contributed by atoms with Crippen LogP contribution in [0.4, 0.5) is 0 Å². The predicted molar refractivity (Wildman–Crippen MR) is 94.2 cm³/mol. The highest BCUT2D eigenvalue weighted by Crippen LogP contribution is 2.49. The molecule has 1 unspecified atom stereocenters. The maximum Gasteiger partial charge on any atom is 0.244 e. The third kappa shape index (κ3) is 2.37. The van der Waals surface area contributed by atoms with Gasteiger partial charge in [0.05, 0.1) is 11.5 Å². The average Bonchev–Trinajstić information content (AvgIpc) is 3.18. The molecule has 3 heterocycles. The molecule has 2 aromatic rings. The molecule has 3 N–H and O–H groups in total. The SMILES string of the molecule is CC(C)(C)c1[nH]nc2c1C(c1cc3c(cc1Cl)OCO3)C(C#N)=C(N)O2. The molecule has 0 aliphatic carbocycles. The number of nitrogens with two attached hydrogens (primary N) is 1. The summed E-state index contributed by atoms with van der Waals surface area (Å²) in [5, 5.41) is 17.5. The number of hydrogen-bond donors (Lipinski definition) is 2. The van der Waals surface area contributed by atoms with Gasteiger partial charge in [-0.2, -0.15) is 5.26 Å². The third-order valence-corrected chi connectivity index (χ3v) is 4.82. The van der Waals surface area contributed by atoms with Crippen LogP contribution in [0.25, 0.3) is 0 Å². The lowest BCUT2D eigenvalue weighted by Crippen LogP contribution is -2.24. The van der Waals surface area contributed by atoms with Crippen molar-refractivity contribution >= 4 is 11.6 Å². The third-order valence-electron chi connectivity index (χ3n) is 4.49. The highest BCUT2D eigenvalue weighted by molar-refractivity contribution is 6.31. The number of allylic oxidation sites excluding steroid dienone is 1. The number of halogens is 1. The lowest BCUT2D eigenvalue weighted by atomic mass is 9.78. The lowest BCUT2D eigenvalue weighted by Gasteiger charge is -2.28. The molecule has 0 amide bonds. The zero-order valence-corrected chi connectivity index (χ0v) is 15.3. The van der Waals surface area contributed by atoms with E-state index in [-0.39, 0.29) is 23.7 Å². The van der Waals surface area contributed by atoms with Crippen LogP contribution in [0.15, 0.2) is 23.6 Å². The van der Waals surface area contributed by atoms with Crippen LogP contribution in [0.5, 0.6) is 17.4 Å². The maximum absolute atomic E-state index is 9.74. The summed E-state index contributed by atoms with van der Waals surface area (Å²) in [6.07, 6.45) is 0. The monoisotopic (exact) mass is 372 g/mol. The molecule has 0 saturated carbocycles. The molecule has 7 nitrogen and oxygen atoms in total. The zero-order valence-electron chi connectivity index (χ0n) is 14.5. The quantitative estimate of drug-likeness (QED) is 0.795. The van der Waals surface area contributed by atoms with Gasteiger partial charge in [0, 0.05) is 22.2 Å². The summed E-state index contributed by atoms with van der Waals surface area (Å²) in [6.45, 7) is 6.28. The second-order valence-electron chi connectivity index (χ2n) is 7.22. The average molecular weight is 373 g/mol. The molecular weight excluding hydrogens is 356 g/mol. The van der Waals surface area contributed by atoms with Gasteiger partial charge < -0.3 is 19.9 Å². The van der Waals surface area contributed by atoms with Crippen molar-refractivity contribution in [3.63, 3.8) is 0 Å².